The number of nitrogens with zero attached hydrogens (tertiary/aromatic N) is 5. The number of benzene rings is 1. The van der Waals surface area contributed by atoms with Crippen LogP contribution in [-0.2, 0) is 20.9 Å². The minimum atomic E-state index is -4.60. The van der Waals surface area contributed by atoms with Crippen LogP contribution < -0.4 is 9.80 Å². The molecule has 0 spiro atoms. The van der Waals surface area contributed by atoms with Crippen LogP contribution in [0.3, 0.4) is 0 Å². The number of alkyl halides is 3. The summed E-state index contributed by atoms with van der Waals surface area (Å²) in [6.45, 7) is 3.77. The highest BCUT2D eigenvalue weighted by molar-refractivity contribution is 7.89. The second-order valence-corrected chi connectivity index (χ2v) is 9.19. The Morgan fingerprint density at radius 3 is 2.10 bits per heavy atom. The maximum absolute atomic E-state index is 13.0. The van der Waals surface area contributed by atoms with Gasteiger partial charge >= 0.3 is 6.18 Å². The monoisotopic (exact) mass is 457 g/mol. The number of aromatic nitrogens is 2. The zero-order valence-corrected chi connectivity index (χ0v) is 17.4. The number of morpholine rings is 1. The van der Waals surface area contributed by atoms with Gasteiger partial charge in [0.15, 0.2) is 0 Å². The first-order chi connectivity index (χ1) is 14.7. The number of ether oxygens (including phenoxy) is 1. The van der Waals surface area contributed by atoms with E-state index in [9.17, 15) is 21.6 Å². The molecule has 0 aliphatic carbocycles. The molecule has 0 radical (unpaired) electrons. The van der Waals surface area contributed by atoms with Gasteiger partial charge in [-0.1, -0.05) is 6.07 Å². The van der Waals surface area contributed by atoms with Crippen molar-refractivity contribution in [3.05, 3.63) is 42.2 Å². The van der Waals surface area contributed by atoms with Crippen LogP contribution in [0.4, 0.5) is 24.8 Å². The molecule has 0 amide bonds. The van der Waals surface area contributed by atoms with Crippen LogP contribution in [0.15, 0.2) is 41.6 Å². The fraction of sp³-hybridized carbons (Fsp3) is 0.474. The molecule has 31 heavy (non-hydrogen) atoms. The van der Waals surface area contributed by atoms with Crippen molar-refractivity contribution in [1.29, 1.82) is 0 Å². The summed E-state index contributed by atoms with van der Waals surface area (Å²) in [7, 11) is -4.02. The molecule has 1 aromatic heterocycles. The summed E-state index contributed by atoms with van der Waals surface area (Å²) in [4.78, 5) is 12.3. The highest BCUT2D eigenvalue weighted by Crippen LogP contribution is 2.31. The SMILES string of the molecule is O=S(=O)(c1cccc(C(F)(F)F)c1)N1CCN(c2cc(N3CCOCC3)ncn2)CC1. The maximum Gasteiger partial charge on any atom is 0.416 e. The van der Waals surface area contributed by atoms with E-state index in [2.05, 4.69) is 14.9 Å². The Morgan fingerprint density at radius 1 is 0.871 bits per heavy atom. The zero-order chi connectivity index (χ0) is 22.1. The predicted molar refractivity (Wildman–Crippen MR) is 107 cm³/mol. The van der Waals surface area contributed by atoms with E-state index in [1.807, 2.05) is 11.0 Å². The first-order valence-electron chi connectivity index (χ1n) is 9.82. The summed E-state index contributed by atoms with van der Waals surface area (Å²) in [6, 6.07) is 5.71. The molecule has 2 aliphatic heterocycles. The van der Waals surface area contributed by atoms with Crippen molar-refractivity contribution in [2.24, 2.45) is 0 Å². The van der Waals surface area contributed by atoms with Crippen molar-refractivity contribution in [3.63, 3.8) is 0 Å². The minimum Gasteiger partial charge on any atom is -0.378 e. The molecule has 8 nitrogen and oxygen atoms in total. The standard InChI is InChI=1S/C19H22F3N5O3S/c20-19(21,22)15-2-1-3-16(12-15)31(28,29)27-6-4-25(5-7-27)17-13-18(24-14-23-17)26-8-10-30-11-9-26/h1-3,12-14H,4-11H2. The van der Waals surface area contributed by atoms with E-state index in [4.69, 9.17) is 4.74 Å². The van der Waals surface area contributed by atoms with Crippen molar-refractivity contribution in [2.45, 2.75) is 11.1 Å². The van der Waals surface area contributed by atoms with E-state index in [0.29, 0.717) is 38.2 Å². The van der Waals surface area contributed by atoms with E-state index in [-0.39, 0.29) is 18.0 Å². The van der Waals surface area contributed by atoms with Gasteiger partial charge in [-0.05, 0) is 18.2 Å². The van der Waals surface area contributed by atoms with Crippen molar-refractivity contribution < 1.29 is 26.3 Å². The smallest absolute Gasteiger partial charge is 0.378 e. The Bertz CT molecular complexity index is 1020. The zero-order valence-electron chi connectivity index (χ0n) is 16.6. The number of hydrogen-bond donors (Lipinski definition) is 0. The Hall–Kier alpha value is -2.44. The molecule has 168 valence electrons. The van der Waals surface area contributed by atoms with Crippen LogP contribution in [0.5, 0.6) is 0 Å². The lowest BCUT2D eigenvalue weighted by Crippen LogP contribution is -2.49. The molecule has 3 heterocycles. The van der Waals surface area contributed by atoms with Crippen LogP contribution in [0.25, 0.3) is 0 Å². The number of sulfonamides is 1. The molecule has 0 N–H and O–H groups in total. The first kappa shape index (κ1) is 21.8. The number of piperazine rings is 1. The second kappa shape index (κ2) is 8.60. The van der Waals surface area contributed by atoms with Crippen LogP contribution in [0, 0.1) is 0 Å². The number of hydrogen-bond acceptors (Lipinski definition) is 7. The topological polar surface area (TPSA) is 78.9 Å². The number of rotatable bonds is 4. The third-order valence-corrected chi connectivity index (χ3v) is 7.23. The molecule has 0 unspecified atom stereocenters. The summed E-state index contributed by atoms with van der Waals surface area (Å²) in [6.07, 6.45) is -3.12. The summed E-state index contributed by atoms with van der Waals surface area (Å²) in [5.41, 5.74) is -0.983. The molecule has 2 aromatic rings. The highest BCUT2D eigenvalue weighted by Gasteiger charge is 2.34. The van der Waals surface area contributed by atoms with Gasteiger partial charge in [-0.2, -0.15) is 17.5 Å². The van der Waals surface area contributed by atoms with Gasteiger partial charge in [0.05, 0.1) is 23.7 Å². The van der Waals surface area contributed by atoms with Gasteiger partial charge in [0, 0.05) is 45.3 Å². The fourth-order valence-corrected chi connectivity index (χ4v) is 5.08. The molecule has 0 atom stereocenters. The Morgan fingerprint density at radius 2 is 1.48 bits per heavy atom. The van der Waals surface area contributed by atoms with Gasteiger partial charge in [-0.15, -0.1) is 0 Å². The molecule has 0 saturated carbocycles. The van der Waals surface area contributed by atoms with E-state index < -0.39 is 21.8 Å². The second-order valence-electron chi connectivity index (χ2n) is 7.25. The Balaban J connectivity index is 1.45. The van der Waals surface area contributed by atoms with E-state index in [0.717, 1.165) is 31.0 Å². The van der Waals surface area contributed by atoms with E-state index in [1.54, 1.807) is 0 Å². The lowest BCUT2D eigenvalue weighted by molar-refractivity contribution is -0.137. The molecule has 12 heteroatoms. The molecule has 0 bridgehead atoms. The molecule has 4 rings (SSSR count). The van der Waals surface area contributed by atoms with Gasteiger partial charge in [-0.25, -0.2) is 18.4 Å². The molecular weight excluding hydrogens is 435 g/mol. The van der Waals surface area contributed by atoms with Gasteiger partial charge in [0.25, 0.3) is 0 Å². The Labute approximate surface area is 178 Å². The summed E-state index contributed by atoms with van der Waals surface area (Å²) in [5.74, 6) is 1.47. The largest absolute Gasteiger partial charge is 0.416 e. The summed E-state index contributed by atoms with van der Waals surface area (Å²) < 4.78 is 71.2. The van der Waals surface area contributed by atoms with Crippen molar-refractivity contribution >= 4 is 21.7 Å². The quantitative estimate of drug-likeness (QED) is 0.693. The van der Waals surface area contributed by atoms with E-state index in [1.165, 1.54) is 16.7 Å². The fourth-order valence-electron chi connectivity index (χ4n) is 3.62. The van der Waals surface area contributed by atoms with Gasteiger partial charge < -0.3 is 14.5 Å². The van der Waals surface area contributed by atoms with Gasteiger partial charge in [0.2, 0.25) is 10.0 Å². The number of anilines is 2. The summed E-state index contributed by atoms with van der Waals surface area (Å²) in [5, 5.41) is 0. The molecule has 2 saturated heterocycles. The van der Waals surface area contributed by atoms with Crippen LogP contribution in [-0.4, -0.2) is 75.2 Å². The van der Waals surface area contributed by atoms with Crippen LogP contribution in [0.1, 0.15) is 5.56 Å². The average Bonchev–Trinajstić information content (AvgIpc) is 2.79. The van der Waals surface area contributed by atoms with Crippen molar-refractivity contribution in [1.82, 2.24) is 14.3 Å². The van der Waals surface area contributed by atoms with Crippen molar-refractivity contribution in [3.8, 4) is 0 Å². The Kier molecular flexibility index (Phi) is 6.04. The third kappa shape index (κ3) is 4.75. The normalized spacial score (nSPS) is 18.9. The number of halogens is 3. The predicted octanol–water partition coefficient (Wildman–Crippen LogP) is 1.84. The highest BCUT2D eigenvalue weighted by atomic mass is 32.2. The van der Waals surface area contributed by atoms with E-state index >= 15 is 0 Å². The third-order valence-electron chi connectivity index (χ3n) is 5.34. The van der Waals surface area contributed by atoms with Gasteiger partial charge in [0.1, 0.15) is 18.0 Å². The van der Waals surface area contributed by atoms with Gasteiger partial charge in [-0.3, -0.25) is 0 Å². The molecular formula is C19H22F3N5O3S. The molecule has 1 aromatic carbocycles. The van der Waals surface area contributed by atoms with Crippen molar-refractivity contribution in [2.75, 3.05) is 62.3 Å². The first-order valence-corrected chi connectivity index (χ1v) is 11.3. The lowest BCUT2D eigenvalue weighted by atomic mass is 10.2. The minimum absolute atomic E-state index is 0.148. The molecule has 2 aliphatic rings. The lowest BCUT2D eigenvalue weighted by Gasteiger charge is -2.35. The summed E-state index contributed by atoms with van der Waals surface area (Å²) >= 11 is 0. The average molecular weight is 457 g/mol. The molecule has 2 fully saturated rings. The van der Waals surface area contributed by atoms with Crippen LogP contribution in [0.2, 0.25) is 0 Å². The van der Waals surface area contributed by atoms with Crippen LogP contribution >= 0.6 is 0 Å². The maximum atomic E-state index is 13.0.